The molecule has 0 radical (unpaired) electrons. The number of hydrogen-bond acceptors (Lipinski definition) is 6. The quantitative estimate of drug-likeness (QED) is 0.143. The number of nitrogens with two attached hydrogens (primary N) is 1. The molecule has 0 spiro atoms. The molecule has 0 aliphatic carbocycles. The highest BCUT2D eigenvalue weighted by Gasteiger charge is 2.29. The minimum Gasteiger partial charge on any atom is -0.463 e. The summed E-state index contributed by atoms with van der Waals surface area (Å²) >= 11 is 0. The lowest BCUT2D eigenvalue weighted by molar-refractivity contribution is -0.131. The molecule has 0 fully saturated rings. The Bertz CT molecular complexity index is 917. The van der Waals surface area contributed by atoms with Gasteiger partial charge < -0.3 is 26.4 Å². The van der Waals surface area contributed by atoms with Crippen molar-refractivity contribution in [1.82, 2.24) is 10.6 Å². The van der Waals surface area contributed by atoms with Crippen molar-refractivity contribution in [3.63, 3.8) is 0 Å². The van der Waals surface area contributed by atoms with E-state index < -0.39 is 18.0 Å². The molecule has 0 aromatic heterocycles. The zero-order chi connectivity index (χ0) is 29.2. The van der Waals surface area contributed by atoms with Gasteiger partial charge in [-0.15, -0.1) is 0 Å². The van der Waals surface area contributed by atoms with E-state index in [0.717, 1.165) is 31.2 Å². The summed E-state index contributed by atoms with van der Waals surface area (Å²) in [6.07, 6.45) is 5.06. The van der Waals surface area contributed by atoms with Crippen LogP contribution in [0.3, 0.4) is 0 Å². The van der Waals surface area contributed by atoms with Crippen molar-refractivity contribution in [3.05, 3.63) is 29.8 Å². The summed E-state index contributed by atoms with van der Waals surface area (Å²) in [6, 6.07) is 5.48. The Hall–Kier alpha value is -3.43. The van der Waals surface area contributed by atoms with Crippen molar-refractivity contribution in [3.8, 4) is 0 Å². The first-order valence-electron chi connectivity index (χ1n) is 13.8. The zero-order valence-corrected chi connectivity index (χ0v) is 23.8. The van der Waals surface area contributed by atoms with Gasteiger partial charge in [0, 0.05) is 31.0 Å². The summed E-state index contributed by atoms with van der Waals surface area (Å²) in [4.78, 5) is 60.4. The van der Waals surface area contributed by atoms with Crippen molar-refractivity contribution in [1.29, 1.82) is 0 Å². The van der Waals surface area contributed by atoms with Crippen LogP contribution in [-0.4, -0.2) is 42.7 Å². The first kappa shape index (κ1) is 33.6. The third kappa shape index (κ3) is 14.9. The largest absolute Gasteiger partial charge is 0.463 e. The molecule has 5 N–H and O–H groups in total. The fourth-order valence-corrected chi connectivity index (χ4v) is 4.19. The van der Waals surface area contributed by atoms with E-state index in [4.69, 9.17) is 10.5 Å². The summed E-state index contributed by atoms with van der Waals surface area (Å²) in [7, 11) is 0. The number of urea groups is 1. The van der Waals surface area contributed by atoms with E-state index in [2.05, 4.69) is 29.8 Å². The average Bonchev–Trinajstić information content (AvgIpc) is 2.87. The van der Waals surface area contributed by atoms with E-state index in [9.17, 15) is 24.0 Å². The molecule has 39 heavy (non-hydrogen) atoms. The number of carbonyl (C=O) groups is 5. The Kier molecular flexibility index (Phi) is 16.2. The summed E-state index contributed by atoms with van der Waals surface area (Å²) in [5.74, 6) is -0.859. The van der Waals surface area contributed by atoms with Crippen LogP contribution in [0, 0.1) is 17.8 Å². The lowest BCUT2D eigenvalue weighted by atomic mass is 9.89. The van der Waals surface area contributed by atoms with Gasteiger partial charge in [0.25, 0.3) is 6.47 Å². The number of anilines is 1. The maximum Gasteiger partial charge on any atom is 0.312 e. The number of rotatable bonds is 20. The minimum absolute atomic E-state index is 0.0504. The van der Waals surface area contributed by atoms with Crippen LogP contribution in [0.2, 0.25) is 0 Å². The highest BCUT2D eigenvalue weighted by Crippen LogP contribution is 2.20. The van der Waals surface area contributed by atoms with E-state index >= 15 is 0 Å². The fourth-order valence-electron chi connectivity index (χ4n) is 4.19. The number of carbonyl (C=O) groups excluding carboxylic acids is 5. The number of unbranched alkanes of at least 4 members (excludes halogenated alkanes) is 2. The highest BCUT2D eigenvalue weighted by molar-refractivity contribution is 5.97. The number of amides is 4. The molecule has 1 aromatic rings. The number of benzene rings is 1. The predicted octanol–water partition coefficient (Wildman–Crippen LogP) is 4.07. The highest BCUT2D eigenvalue weighted by atomic mass is 16.5. The lowest BCUT2D eigenvalue weighted by Gasteiger charge is -2.24. The van der Waals surface area contributed by atoms with Gasteiger partial charge in [-0.1, -0.05) is 59.1 Å². The van der Waals surface area contributed by atoms with Gasteiger partial charge in [0.05, 0.1) is 6.04 Å². The van der Waals surface area contributed by atoms with Gasteiger partial charge in [0.2, 0.25) is 11.8 Å². The third-order valence-electron chi connectivity index (χ3n) is 6.40. The summed E-state index contributed by atoms with van der Waals surface area (Å²) in [5.41, 5.74) is 6.43. The van der Waals surface area contributed by atoms with Crippen molar-refractivity contribution in [2.75, 3.05) is 11.9 Å². The van der Waals surface area contributed by atoms with Gasteiger partial charge in [-0.05, 0) is 48.8 Å². The van der Waals surface area contributed by atoms with Crippen molar-refractivity contribution in [2.45, 2.75) is 91.7 Å². The van der Waals surface area contributed by atoms with Gasteiger partial charge in [-0.2, -0.15) is 0 Å². The first-order chi connectivity index (χ1) is 18.5. The molecule has 10 nitrogen and oxygen atoms in total. The monoisotopic (exact) mass is 546 g/mol. The standard InChI is InChI=1S/C29H46N4O6/c1-20(2)9-6-5-7-11-26(36)33-27(21(3)4)25(35)17-23(10-8-16-31-29(30)38)28(37)32-24-14-12-22(13-15-24)18-39-19-34/h12-15,19-21,23,27H,5-11,16-18H2,1-4H3,(H,32,37)(H,33,36)(H3,30,31,38)/t23-,27-/m1/s1. The van der Waals surface area contributed by atoms with Crippen LogP contribution in [0.15, 0.2) is 24.3 Å². The number of Topliss-reactive ketones (excluding diaryl/α,β-unsaturated/α-hetero) is 1. The molecule has 2 atom stereocenters. The maximum absolute atomic E-state index is 13.3. The first-order valence-corrected chi connectivity index (χ1v) is 13.8. The molecule has 0 saturated heterocycles. The van der Waals surface area contributed by atoms with Crippen LogP contribution in [0.1, 0.15) is 84.6 Å². The van der Waals surface area contributed by atoms with Crippen LogP contribution in [0.5, 0.6) is 0 Å². The van der Waals surface area contributed by atoms with Gasteiger partial charge in [-0.3, -0.25) is 19.2 Å². The van der Waals surface area contributed by atoms with Gasteiger partial charge in [-0.25, -0.2) is 4.79 Å². The summed E-state index contributed by atoms with van der Waals surface area (Å²) in [5, 5.41) is 8.22. The molecule has 10 heteroatoms. The second-order valence-electron chi connectivity index (χ2n) is 10.7. The SMILES string of the molecule is CC(C)CCCCCC(=O)N[C@@H](C(=O)C[C@@H](CCCNC(N)=O)C(=O)Nc1ccc(COC=O)cc1)C(C)C. The van der Waals surface area contributed by atoms with Crippen LogP contribution in [0.25, 0.3) is 0 Å². The lowest BCUT2D eigenvalue weighted by Crippen LogP contribution is -2.45. The molecule has 0 aliphatic rings. The maximum atomic E-state index is 13.3. The normalized spacial score (nSPS) is 12.5. The molecule has 1 rings (SSSR count). The van der Waals surface area contributed by atoms with Gasteiger partial charge in [0.15, 0.2) is 5.78 Å². The van der Waals surface area contributed by atoms with Crippen LogP contribution in [-0.2, 0) is 30.5 Å². The molecule has 1 aromatic carbocycles. The van der Waals surface area contributed by atoms with Crippen LogP contribution >= 0.6 is 0 Å². The van der Waals surface area contributed by atoms with Crippen LogP contribution < -0.4 is 21.7 Å². The second kappa shape index (κ2) is 18.8. The predicted molar refractivity (Wildman–Crippen MR) is 151 cm³/mol. The summed E-state index contributed by atoms with van der Waals surface area (Å²) < 4.78 is 4.73. The van der Waals surface area contributed by atoms with Crippen molar-refractivity contribution < 1.29 is 28.7 Å². The van der Waals surface area contributed by atoms with Crippen LogP contribution in [0.4, 0.5) is 10.5 Å². The molecule has 4 amide bonds. The molecule has 0 heterocycles. The van der Waals surface area contributed by atoms with Gasteiger partial charge >= 0.3 is 6.03 Å². The number of ether oxygens (including phenoxy) is 1. The third-order valence-corrected chi connectivity index (χ3v) is 6.40. The van der Waals surface area contributed by atoms with Gasteiger partial charge in [0.1, 0.15) is 6.61 Å². The molecule has 0 saturated carbocycles. The average molecular weight is 547 g/mol. The molecule has 0 aliphatic heterocycles. The number of hydrogen-bond donors (Lipinski definition) is 4. The topological polar surface area (TPSA) is 157 Å². The zero-order valence-electron chi connectivity index (χ0n) is 23.8. The van der Waals surface area contributed by atoms with E-state index in [1.54, 1.807) is 24.3 Å². The van der Waals surface area contributed by atoms with Crippen molar-refractivity contribution >= 4 is 35.8 Å². The van der Waals surface area contributed by atoms with E-state index in [-0.39, 0.29) is 43.1 Å². The Morgan fingerprint density at radius 2 is 1.64 bits per heavy atom. The minimum atomic E-state index is -0.690. The molecule has 218 valence electrons. The second-order valence-corrected chi connectivity index (χ2v) is 10.7. The number of primary amides is 1. The van der Waals surface area contributed by atoms with E-state index in [0.29, 0.717) is 37.3 Å². The molecule has 0 unspecified atom stereocenters. The summed E-state index contributed by atoms with van der Waals surface area (Å²) in [6.45, 7) is 8.86. The van der Waals surface area contributed by atoms with Crippen molar-refractivity contribution in [2.24, 2.45) is 23.5 Å². The Balaban J connectivity index is 2.81. The molecular formula is C29H46N4O6. The fraction of sp³-hybridized carbons (Fsp3) is 0.621. The molecular weight excluding hydrogens is 500 g/mol. The number of nitrogens with one attached hydrogen (secondary N) is 3. The Labute approximate surface area is 232 Å². The molecule has 0 bridgehead atoms. The smallest absolute Gasteiger partial charge is 0.312 e. The Morgan fingerprint density at radius 1 is 0.949 bits per heavy atom. The van der Waals surface area contributed by atoms with E-state index in [1.807, 2.05) is 13.8 Å². The Morgan fingerprint density at radius 3 is 2.23 bits per heavy atom. The van der Waals surface area contributed by atoms with E-state index in [1.165, 1.54) is 0 Å². The number of ketones is 1.